The predicted octanol–water partition coefficient (Wildman–Crippen LogP) is 3.64. The number of nitrogens with one attached hydrogen (secondary N) is 1. The van der Waals surface area contributed by atoms with Gasteiger partial charge in [0.2, 0.25) is 10.0 Å². The van der Waals surface area contributed by atoms with Crippen LogP contribution in [0.25, 0.3) is 0 Å². The molecule has 0 amide bonds. The Labute approximate surface area is 143 Å². The van der Waals surface area contributed by atoms with Gasteiger partial charge in [-0.15, -0.1) is 0 Å². The molecule has 0 heterocycles. The average molecular weight is 414 g/mol. The highest BCUT2D eigenvalue weighted by molar-refractivity contribution is 9.10. The van der Waals surface area contributed by atoms with Crippen molar-refractivity contribution >= 4 is 55.0 Å². The van der Waals surface area contributed by atoms with Gasteiger partial charge in [-0.05, 0) is 53.6 Å². The molecule has 0 saturated heterocycles. The Morgan fingerprint density at radius 3 is 2.81 bits per heavy atom. The number of sulfonamides is 1. The summed E-state index contributed by atoms with van der Waals surface area (Å²) in [4.78, 5) is 0.0961. The van der Waals surface area contributed by atoms with Crippen LogP contribution in [0.5, 0.6) is 0 Å². The first-order valence-corrected chi connectivity index (χ1v) is 10.6. The van der Waals surface area contributed by atoms with Crippen LogP contribution in [0.4, 0.5) is 5.69 Å². The van der Waals surface area contributed by atoms with Crippen molar-refractivity contribution in [2.75, 3.05) is 12.0 Å². The summed E-state index contributed by atoms with van der Waals surface area (Å²) in [7, 11) is -3.64. The largest absolute Gasteiger partial charge is 0.398 e. The number of anilines is 1. The molecule has 4 nitrogen and oxygen atoms in total. The second-order valence-electron chi connectivity index (χ2n) is 5.15. The molecule has 1 aromatic rings. The van der Waals surface area contributed by atoms with Gasteiger partial charge >= 0.3 is 0 Å². The molecule has 0 aromatic heterocycles. The standard InChI is InChI=1S/C13H18BrClN2O2S2/c1-20-10-4-2-3-9(7-10)17-21(18,19)12-6-8(15)5-11(16)13(12)14/h5-6,9-10,17H,2-4,7,16H2,1H3. The van der Waals surface area contributed by atoms with E-state index < -0.39 is 10.0 Å². The minimum Gasteiger partial charge on any atom is -0.398 e. The summed E-state index contributed by atoms with van der Waals surface area (Å²) in [6.45, 7) is 0. The summed E-state index contributed by atoms with van der Waals surface area (Å²) in [5.41, 5.74) is 6.08. The third-order valence-corrected chi connectivity index (χ3v) is 7.61. The maximum atomic E-state index is 12.6. The molecule has 0 bridgehead atoms. The summed E-state index contributed by atoms with van der Waals surface area (Å²) >= 11 is 10.9. The predicted molar refractivity (Wildman–Crippen MR) is 93.4 cm³/mol. The van der Waals surface area contributed by atoms with Gasteiger partial charge < -0.3 is 5.73 Å². The molecule has 1 fully saturated rings. The fourth-order valence-electron chi connectivity index (χ4n) is 2.53. The van der Waals surface area contributed by atoms with Crippen LogP contribution in [0.15, 0.2) is 21.5 Å². The fraction of sp³-hybridized carbons (Fsp3) is 0.538. The van der Waals surface area contributed by atoms with E-state index in [9.17, 15) is 8.42 Å². The first-order chi connectivity index (χ1) is 9.83. The number of rotatable bonds is 4. The number of halogens is 2. The minimum atomic E-state index is -3.64. The molecule has 2 unspecified atom stereocenters. The number of nitrogens with two attached hydrogens (primary N) is 1. The molecule has 1 aromatic carbocycles. The van der Waals surface area contributed by atoms with Crippen molar-refractivity contribution in [2.24, 2.45) is 0 Å². The Hall–Kier alpha value is 0.0500. The number of thioether (sulfide) groups is 1. The average Bonchev–Trinajstić information content (AvgIpc) is 2.42. The van der Waals surface area contributed by atoms with E-state index in [2.05, 4.69) is 26.9 Å². The van der Waals surface area contributed by atoms with Crippen molar-refractivity contribution in [1.82, 2.24) is 4.72 Å². The Balaban J connectivity index is 2.23. The summed E-state index contributed by atoms with van der Waals surface area (Å²) < 4.78 is 28.3. The highest BCUT2D eigenvalue weighted by Gasteiger charge is 2.28. The fourth-order valence-corrected chi connectivity index (χ4v) is 5.93. The van der Waals surface area contributed by atoms with Crippen molar-refractivity contribution in [3.05, 3.63) is 21.6 Å². The van der Waals surface area contributed by atoms with Crippen LogP contribution in [0.3, 0.4) is 0 Å². The van der Waals surface area contributed by atoms with Crippen LogP contribution in [0.1, 0.15) is 25.7 Å². The van der Waals surface area contributed by atoms with Crippen molar-refractivity contribution in [3.63, 3.8) is 0 Å². The van der Waals surface area contributed by atoms with Crippen molar-refractivity contribution in [3.8, 4) is 0 Å². The van der Waals surface area contributed by atoms with E-state index in [-0.39, 0.29) is 10.9 Å². The van der Waals surface area contributed by atoms with Crippen LogP contribution in [-0.4, -0.2) is 26.0 Å². The molecular formula is C13H18BrClN2O2S2. The molecule has 1 aliphatic rings. The number of nitrogen functional groups attached to an aromatic ring is 1. The van der Waals surface area contributed by atoms with Gasteiger partial charge in [-0.2, -0.15) is 11.8 Å². The molecule has 21 heavy (non-hydrogen) atoms. The molecule has 8 heteroatoms. The monoisotopic (exact) mass is 412 g/mol. The lowest BCUT2D eigenvalue weighted by atomic mass is 9.96. The highest BCUT2D eigenvalue weighted by Crippen LogP contribution is 2.33. The van der Waals surface area contributed by atoms with Gasteiger partial charge in [0.15, 0.2) is 0 Å². The van der Waals surface area contributed by atoms with E-state index in [4.69, 9.17) is 17.3 Å². The van der Waals surface area contributed by atoms with Crippen molar-refractivity contribution in [1.29, 1.82) is 0 Å². The Kier molecular flexibility index (Phi) is 5.87. The molecular weight excluding hydrogens is 396 g/mol. The molecule has 0 spiro atoms. The molecule has 0 aliphatic heterocycles. The van der Waals surface area contributed by atoms with Crippen molar-refractivity contribution < 1.29 is 8.42 Å². The zero-order valence-corrected chi connectivity index (χ0v) is 15.6. The first-order valence-electron chi connectivity index (χ1n) is 6.63. The number of hydrogen-bond donors (Lipinski definition) is 2. The normalized spacial score (nSPS) is 23.2. The molecule has 2 rings (SSSR count). The summed E-state index contributed by atoms with van der Waals surface area (Å²) in [6, 6.07) is 2.90. The van der Waals surface area contributed by atoms with Crippen LogP contribution in [0.2, 0.25) is 5.02 Å². The summed E-state index contributed by atoms with van der Waals surface area (Å²) in [6.07, 6.45) is 5.97. The Morgan fingerprint density at radius 1 is 1.43 bits per heavy atom. The molecule has 118 valence electrons. The van der Waals surface area contributed by atoms with Gasteiger partial charge in [0, 0.05) is 22.0 Å². The second kappa shape index (κ2) is 7.08. The molecule has 0 radical (unpaired) electrons. The zero-order valence-electron chi connectivity index (χ0n) is 11.6. The van der Waals surface area contributed by atoms with E-state index in [0.717, 1.165) is 25.7 Å². The molecule has 2 atom stereocenters. The van der Waals surface area contributed by atoms with Gasteiger partial charge in [-0.25, -0.2) is 13.1 Å². The minimum absolute atomic E-state index is 0.0340. The molecule has 1 saturated carbocycles. The smallest absolute Gasteiger partial charge is 0.242 e. The maximum absolute atomic E-state index is 12.6. The van der Waals surface area contributed by atoms with Crippen LogP contribution >= 0.6 is 39.3 Å². The maximum Gasteiger partial charge on any atom is 0.242 e. The molecule has 1 aliphatic carbocycles. The van der Waals surface area contributed by atoms with E-state index in [1.165, 1.54) is 12.1 Å². The van der Waals surface area contributed by atoms with Crippen LogP contribution < -0.4 is 10.5 Å². The van der Waals surface area contributed by atoms with Gasteiger partial charge in [0.05, 0.1) is 9.37 Å². The van der Waals surface area contributed by atoms with E-state index >= 15 is 0 Å². The Morgan fingerprint density at radius 2 is 2.14 bits per heavy atom. The quantitative estimate of drug-likeness (QED) is 0.739. The zero-order chi connectivity index (χ0) is 15.6. The third-order valence-electron chi connectivity index (χ3n) is 3.60. The van der Waals surface area contributed by atoms with E-state index in [1.807, 2.05) is 0 Å². The van der Waals surface area contributed by atoms with Crippen molar-refractivity contribution in [2.45, 2.75) is 41.9 Å². The lowest BCUT2D eigenvalue weighted by molar-refractivity contribution is 0.420. The Bertz CT molecular complexity index is 625. The topological polar surface area (TPSA) is 72.2 Å². The van der Waals surface area contributed by atoms with Gasteiger partial charge in [-0.1, -0.05) is 18.0 Å². The number of benzene rings is 1. The van der Waals surface area contributed by atoms with E-state index in [1.54, 1.807) is 11.8 Å². The SMILES string of the molecule is CSC1CCCC(NS(=O)(=O)c2cc(Cl)cc(N)c2Br)C1. The van der Waals surface area contributed by atoms with Gasteiger partial charge in [0.25, 0.3) is 0 Å². The summed E-state index contributed by atoms with van der Waals surface area (Å²) in [5.74, 6) is 0. The number of hydrogen-bond acceptors (Lipinski definition) is 4. The summed E-state index contributed by atoms with van der Waals surface area (Å²) in [5, 5.41) is 0.820. The van der Waals surface area contributed by atoms with Crippen LogP contribution in [-0.2, 0) is 10.0 Å². The lowest BCUT2D eigenvalue weighted by Crippen LogP contribution is -2.39. The van der Waals surface area contributed by atoms with Crippen LogP contribution in [0, 0.1) is 0 Å². The highest BCUT2D eigenvalue weighted by atomic mass is 79.9. The first kappa shape index (κ1) is 17.4. The third kappa shape index (κ3) is 4.28. The molecule has 3 N–H and O–H groups in total. The second-order valence-corrected chi connectivity index (χ2v) is 9.20. The van der Waals surface area contributed by atoms with Gasteiger partial charge in [-0.3, -0.25) is 0 Å². The lowest BCUT2D eigenvalue weighted by Gasteiger charge is -2.28. The van der Waals surface area contributed by atoms with Gasteiger partial charge in [0.1, 0.15) is 0 Å². The van der Waals surface area contributed by atoms with E-state index in [0.29, 0.717) is 20.4 Å².